The SMILES string of the molecule is CCc1nc(N)c(C)c(N2CCNCC2)n1. The van der Waals surface area contributed by atoms with E-state index in [1.54, 1.807) is 0 Å². The highest BCUT2D eigenvalue weighted by molar-refractivity contribution is 5.56. The van der Waals surface area contributed by atoms with Crippen molar-refractivity contribution >= 4 is 11.6 Å². The number of aromatic nitrogens is 2. The van der Waals surface area contributed by atoms with Crippen LogP contribution in [0.1, 0.15) is 18.3 Å². The second-order valence-electron chi connectivity index (χ2n) is 4.06. The van der Waals surface area contributed by atoms with Gasteiger partial charge < -0.3 is 16.0 Å². The van der Waals surface area contributed by atoms with Gasteiger partial charge in [-0.1, -0.05) is 6.92 Å². The molecule has 0 amide bonds. The molecule has 5 nitrogen and oxygen atoms in total. The second-order valence-corrected chi connectivity index (χ2v) is 4.06. The lowest BCUT2D eigenvalue weighted by molar-refractivity contribution is 0.582. The third kappa shape index (κ3) is 2.09. The van der Waals surface area contributed by atoms with E-state index in [0.717, 1.165) is 49.8 Å². The Labute approximate surface area is 96.1 Å². The van der Waals surface area contributed by atoms with Crippen LogP contribution in [0, 0.1) is 6.92 Å². The number of piperazine rings is 1. The van der Waals surface area contributed by atoms with Gasteiger partial charge in [-0.05, 0) is 6.92 Å². The van der Waals surface area contributed by atoms with Crippen LogP contribution in [0.25, 0.3) is 0 Å². The normalized spacial score (nSPS) is 16.5. The predicted octanol–water partition coefficient (Wildman–Crippen LogP) is 0.339. The lowest BCUT2D eigenvalue weighted by atomic mass is 10.2. The highest BCUT2D eigenvalue weighted by Gasteiger charge is 2.16. The smallest absolute Gasteiger partial charge is 0.137 e. The van der Waals surface area contributed by atoms with Crippen LogP contribution in [0.5, 0.6) is 0 Å². The van der Waals surface area contributed by atoms with Crippen LogP contribution in [-0.4, -0.2) is 36.1 Å². The second kappa shape index (κ2) is 4.65. The Hall–Kier alpha value is -1.36. The molecule has 0 radical (unpaired) electrons. The van der Waals surface area contributed by atoms with Crippen molar-refractivity contribution < 1.29 is 0 Å². The lowest BCUT2D eigenvalue weighted by Crippen LogP contribution is -2.44. The maximum Gasteiger partial charge on any atom is 0.137 e. The fraction of sp³-hybridized carbons (Fsp3) is 0.636. The van der Waals surface area contributed by atoms with E-state index in [2.05, 4.69) is 20.2 Å². The molecule has 0 spiro atoms. The summed E-state index contributed by atoms with van der Waals surface area (Å²) in [6, 6.07) is 0. The number of nitrogens with two attached hydrogens (primary N) is 1. The Kier molecular flexibility index (Phi) is 3.24. The van der Waals surface area contributed by atoms with Crippen molar-refractivity contribution in [3.8, 4) is 0 Å². The first-order valence-corrected chi connectivity index (χ1v) is 5.81. The molecule has 1 saturated heterocycles. The van der Waals surface area contributed by atoms with Gasteiger partial charge in [-0.3, -0.25) is 0 Å². The number of hydrogen-bond donors (Lipinski definition) is 2. The Balaban J connectivity index is 2.33. The number of rotatable bonds is 2. The Morgan fingerprint density at radius 3 is 2.62 bits per heavy atom. The van der Waals surface area contributed by atoms with E-state index < -0.39 is 0 Å². The maximum atomic E-state index is 5.91. The number of hydrogen-bond acceptors (Lipinski definition) is 5. The van der Waals surface area contributed by atoms with Gasteiger partial charge in [-0.25, -0.2) is 9.97 Å². The number of nitrogens with one attached hydrogen (secondary N) is 1. The zero-order valence-corrected chi connectivity index (χ0v) is 9.95. The van der Waals surface area contributed by atoms with Gasteiger partial charge in [0.2, 0.25) is 0 Å². The summed E-state index contributed by atoms with van der Waals surface area (Å²) in [4.78, 5) is 11.1. The van der Waals surface area contributed by atoms with Gasteiger partial charge in [0.1, 0.15) is 17.5 Å². The summed E-state index contributed by atoms with van der Waals surface area (Å²) in [6.45, 7) is 8.02. The summed E-state index contributed by atoms with van der Waals surface area (Å²) in [5.74, 6) is 2.45. The topological polar surface area (TPSA) is 67.1 Å². The van der Waals surface area contributed by atoms with Crippen molar-refractivity contribution in [3.05, 3.63) is 11.4 Å². The summed E-state index contributed by atoms with van der Waals surface area (Å²) in [5.41, 5.74) is 6.91. The molecule has 3 N–H and O–H groups in total. The first-order chi connectivity index (χ1) is 7.72. The fourth-order valence-corrected chi connectivity index (χ4v) is 1.91. The van der Waals surface area contributed by atoms with Gasteiger partial charge in [-0.2, -0.15) is 0 Å². The third-order valence-electron chi connectivity index (χ3n) is 2.94. The van der Waals surface area contributed by atoms with Crippen LogP contribution >= 0.6 is 0 Å². The molecule has 16 heavy (non-hydrogen) atoms. The van der Waals surface area contributed by atoms with Crippen LogP contribution in [0.3, 0.4) is 0 Å². The summed E-state index contributed by atoms with van der Waals surface area (Å²) in [7, 11) is 0. The molecule has 2 rings (SSSR count). The molecule has 0 unspecified atom stereocenters. The minimum absolute atomic E-state index is 0.611. The highest BCUT2D eigenvalue weighted by atomic mass is 15.2. The van der Waals surface area contributed by atoms with Gasteiger partial charge >= 0.3 is 0 Å². The van der Waals surface area contributed by atoms with Gasteiger partial charge in [0.15, 0.2) is 0 Å². The van der Waals surface area contributed by atoms with Crippen molar-refractivity contribution in [2.45, 2.75) is 20.3 Å². The zero-order valence-electron chi connectivity index (χ0n) is 9.95. The minimum atomic E-state index is 0.611. The van der Waals surface area contributed by atoms with Crippen molar-refractivity contribution in [2.75, 3.05) is 36.8 Å². The van der Waals surface area contributed by atoms with Crippen LogP contribution in [-0.2, 0) is 6.42 Å². The molecule has 0 atom stereocenters. The minimum Gasteiger partial charge on any atom is -0.383 e. The van der Waals surface area contributed by atoms with E-state index in [4.69, 9.17) is 5.73 Å². The standard InChI is InChI=1S/C11H19N5/c1-3-9-14-10(12)8(2)11(15-9)16-6-4-13-5-7-16/h13H,3-7H2,1-2H3,(H2,12,14,15). The van der Waals surface area contributed by atoms with Crippen molar-refractivity contribution in [3.63, 3.8) is 0 Å². The average molecular weight is 221 g/mol. The third-order valence-corrected chi connectivity index (χ3v) is 2.94. The van der Waals surface area contributed by atoms with Gasteiger partial charge in [0, 0.05) is 38.2 Å². The van der Waals surface area contributed by atoms with Crippen molar-refractivity contribution in [1.29, 1.82) is 0 Å². The van der Waals surface area contributed by atoms with Gasteiger partial charge in [0.05, 0.1) is 0 Å². The zero-order chi connectivity index (χ0) is 11.5. The molecule has 88 valence electrons. The molecular weight excluding hydrogens is 202 g/mol. The number of aryl methyl sites for hydroxylation is 1. The quantitative estimate of drug-likeness (QED) is 0.754. The van der Waals surface area contributed by atoms with E-state index in [1.807, 2.05) is 13.8 Å². The van der Waals surface area contributed by atoms with E-state index >= 15 is 0 Å². The van der Waals surface area contributed by atoms with E-state index in [0.29, 0.717) is 5.82 Å². The molecule has 0 aromatic carbocycles. The van der Waals surface area contributed by atoms with Crippen LogP contribution in [0.4, 0.5) is 11.6 Å². The number of anilines is 2. The van der Waals surface area contributed by atoms with E-state index in [-0.39, 0.29) is 0 Å². The largest absolute Gasteiger partial charge is 0.383 e. The first kappa shape index (κ1) is 11.1. The lowest BCUT2D eigenvalue weighted by Gasteiger charge is -2.30. The molecule has 1 fully saturated rings. The number of nitrogens with zero attached hydrogens (tertiary/aromatic N) is 3. The average Bonchev–Trinajstić information content (AvgIpc) is 2.33. The summed E-state index contributed by atoms with van der Waals surface area (Å²) in [6.07, 6.45) is 0.823. The summed E-state index contributed by atoms with van der Waals surface area (Å²) >= 11 is 0. The molecule has 1 aromatic heterocycles. The van der Waals surface area contributed by atoms with Gasteiger partial charge in [-0.15, -0.1) is 0 Å². The van der Waals surface area contributed by atoms with E-state index in [9.17, 15) is 0 Å². The first-order valence-electron chi connectivity index (χ1n) is 5.81. The predicted molar refractivity (Wildman–Crippen MR) is 65.6 cm³/mol. The fourth-order valence-electron chi connectivity index (χ4n) is 1.91. The van der Waals surface area contributed by atoms with Gasteiger partial charge in [0.25, 0.3) is 0 Å². The molecular formula is C11H19N5. The molecule has 0 bridgehead atoms. The summed E-state index contributed by atoms with van der Waals surface area (Å²) < 4.78 is 0. The summed E-state index contributed by atoms with van der Waals surface area (Å²) in [5, 5.41) is 3.33. The molecule has 1 aromatic rings. The van der Waals surface area contributed by atoms with Crippen LogP contribution in [0.15, 0.2) is 0 Å². The molecule has 1 aliphatic heterocycles. The molecule has 0 saturated carbocycles. The Morgan fingerprint density at radius 1 is 1.31 bits per heavy atom. The van der Waals surface area contributed by atoms with Crippen LogP contribution in [0.2, 0.25) is 0 Å². The Morgan fingerprint density at radius 2 is 2.00 bits per heavy atom. The number of nitrogen functional groups attached to an aromatic ring is 1. The van der Waals surface area contributed by atoms with Crippen molar-refractivity contribution in [1.82, 2.24) is 15.3 Å². The van der Waals surface area contributed by atoms with Crippen molar-refractivity contribution in [2.24, 2.45) is 0 Å². The molecule has 1 aliphatic rings. The van der Waals surface area contributed by atoms with E-state index in [1.165, 1.54) is 0 Å². The molecule has 2 heterocycles. The monoisotopic (exact) mass is 221 g/mol. The molecule has 0 aliphatic carbocycles. The maximum absolute atomic E-state index is 5.91. The Bertz CT molecular complexity index is 371. The highest BCUT2D eigenvalue weighted by Crippen LogP contribution is 2.21. The molecule has 5 heteroatoms. The van der Waals surface area contributed by atoms with Crippen LogP contribution < -0.4 is 16.0 Å².